The fourth-order valence-electron chi connectivity index (χ4n) is 0.666. The minimum Gasteiger partial charge on any atom is -0.450 e. The molecule has 0 atom stereocenters. The number of carbonyl (C=O) groups is 2. The Labute approximate surface area is 87.7 Å². The van der Waals surface area contributed by atoms with Crippen LogP contribution in [0.1, 0.15) is 0 Å². The average Bonchev–Trinajstić information content (AvgIpc) is 2.24. The Morgan fingerprint density at radius 1 is 1.13 bits per heavy atom. The Morgan fingerprint density at radius 2 is 1.53 bits per heavy atom. The molecule has 0 rings (SSSR count). The van der Waals surface area contributed by atoms with Crippen molar-refractivity contribution in [1.82, 2.24) is 0 Å². The molecule has 0 saturated carbocycles. The second-order valence-electron chi connectivity index (χ2n) is 2.24. The van der Waals surface area contributed by atoms with Crippen LogP contribution in [0.4, 0.5) is 0 Å². The lowest BCUT2D eigenvalue weighted by Gasteiger charge is -2.11. The van der Waals surface area contributed by atoms with E-state index in [1.807, 2.05) is 0 Å². The highest BCUT2D eigenvalue weighted by atomic mass is 16.6. The van der Waals surface area contributed by atoms with E-state index < -0.39 is 18.0 Å². The summed E-state index contributed by atoms with van der Waals surface area (Å²) in [6.45, 7) is -0.470. The van der Waals surface area contributed by atoms with Gasteiger partial charge in [0.2, 0.25) is 0 Å². The summed E-state index contributed by atoms with van der Waals surface area (Å²) in [5.41, 5.74) is 0. The van der Waals surface area contributed by atoms with Gasteiger partial charge in [0.1, 0.15) is 0 Å². The zero-order valence-electron chi connectivity index (χ0n) is 8.19. The van der Waals surface area contributed by atoms with E-state index >= 15 is 0 Å². The minimum atomic E-state index is -1.45. The molecule has 0 unspecified atom stereocenters. The van der Waals surface area contributed by atoms with E-state index in [0.29, 0.717) is 0 Å². The summed E-state index contributed by atoms with van der Waals surface area (Å²) in [5.74, 6) is 2.34. The van der Waals surface area contributed by atoms with Gasteiger partial charge in [-0.1, -0.05) is 11.8 Å². The third-order valence-corrected chi connectivity index (χ3v) is 1.26. The normalized spacial score (nSPS) is 8.80. The molecule has 0 aromatic rings. The third-order valence-electron chi connectivity index (χ3n) is 1.26. The first-order valence-electron chi connectivity index (χ1n) is 3.90. The lowest BCUT2D eigenvalue weighted by atomic mass is 10.3. The maximum absolute atomic E-state index is 11.1. The number of terminal acetylenes is 2. The second-order valence-corrected chi connectivity index (χ2v) is 2.24. The van der Waals surface area contributed by atoms with Crippen LogP contribution in [-0.2, 0) is 23.8 Å². The van der Waals surface area contributed by atoms with Gasteiger partial charge in [0.05, 0.1) is 0 Å². The molecule has 0 spiro atoms. The molecule has 0 radical (unpaired) electrons. The summed E-state index contributed by atoms with van der Waals surface area (Å²) in [5, 5.41) is 0. The van der Waals surface area contributed by atoms with Crippen LogP contribution in [0.15, 0.2) is 0 Å². The summed E-state index contributed by atoms with van der Waals surface area (Å²) in [6, 6.07) is 0. The number of methoxy groups -OCH3 is 1. The van der Waals surface area contributed by atoms with Gasteiger partial charge in [0.25, 0.3) is 6.10 Å². The topological polar surface area (TPSA) is 61.8 Å². The monoisotopic (exact) mass is 210 g/mol. The minimum absolute atomic E-state index is 0.235. The lowest BCUT2D eigenvalue weighted by Crippen LogP contribution is -2.35. The van der Waals surface area contributed by atoms with Gasteiger partial charge in [-0.25, -0.2) is 9.59 Å². The predicted molar refractivity (Wildman–Crippen MR) is 50.4 cm³/mol. The summed E-state index contributed by atoms with van der Waals surface area (Å²) < 4.78 is 13.6. The highest BCUT2D eigenvalue weighted by Crippen LogP contribution is 1.97. The van der Waals surface area contributed by atoms with E-state index in [1.165, 1.54) is 7.11 Å². The zero-order chi connectivity index (χ0) is 11.7. The van der Waals surface area contributed by atoms with E-state index in [0.717, 1.165) is 0 Å². The van der Waals surface area contributed by atoms with Gasteiger partial charge in [0.15, 0.2) is 13.2 Å². The first kappa shape index (κ1) is 13.0. The summed E-state index contributed by atoms with van der Waals surface area (Å²) in [7, 11) is 1.17. The molecular formula is C10H10O5. The number of hydrogen-bond donors (Lipinski definition) is 0. The Kier molecular flexibility index (Phi) is 6.45. The maximum Gasteiger partial charge on any atom is 0.348 e. The quantitative estimate of drug-likeness (QED) is 0.343. The SMILES string of the molecule is C#CCOC(=O)C(OC)C(=O)OCC#C. The van der Waals surface area contributed by atoms with Gasteiger partial charge in [-0.2, -0.15) is 0 Å². The van der Waals surface area contributed by atoms with Crippen molar-refractivity contribution in [2.45, 2.75) is 6.10 Å². The van der Waals surface area contributed by atoms with Crippen molar-refractivity contribution < 1.29 is 23.8 Å². The van der Waals surface area contributed by atoms with E-state index in [9.17, 15) is 9.59 Å². The summed E-state index contributed by atoms with van der Waals surface area (Å²) in [6.07, 6.45) is 8.28. The molecule has 5 nitrogen and oxygen atoms in total. The fourth-order valence-corrected chi connectivity index (χ4v) is 0.666. The molecule has 0 aliphatic rings. The van der Waals surface area contributed by atoms with Crippen LogP contribution < -0.4 is 0 Å². The van der Waals surface area contributed by atoms with Crippen molar-refractivity contribution >= 4 is 11.9 Å². The van der Waals surface area contributed by atoms with Crippen LogP contribution in [0.2, 0.25) is 0 Å². The number of esters is 2. The van der Waals surface area contributed by atoms with Crippen LogP contribution in [-0.4, -0.2) is 38.4 Å². The number of ether oxygens (including phenoxy) is 3. The number of carbonyl (C=O) groups excluding carboxylic acids is 2. The van der Waals surface area contributed by atoms with Crippen LogP contribution in [0.3, 0.4) is 0 Å². The van der Waals surface area contributed by atoms with E-state index in [2.05, 4.69) is 26.1 Å². The molecule has 0 N–H and O–H groups in total. The second kappa shape index (κ2) is 7.43. The summed E-state index contributed by atoms with van der Waals surface area (Å²) in [4.78, 5) is 22.3. The Morgan fingerprint density at radius 3 is 1.80 bits per heavy atom. The third kappa shape index (κ3) is 4.70. The molecular weight excluding hydrogens is 200 g/mol. The Bertz CT molecular complexity index is 277. The van der Waals surface area contributed by atoms with Crippen LogP contribution in [0.5, 0.6) is 0 Å². The van der Waals surface area contributed by atoms with E-state index in [1.54, 1.807) is 0 Å². The molecule has 0 aliphatic heterocycles. The molecule has 5 heteroatoms. The van der Waals surface area contributed by atoms with Crippen LogP contribution in [0.25, 0.3) is 0 Å². The number of hydrogen-bond acceptors (Lipinski definition) is 5. The average molecular weight is 210 g/mol. The first-order chi connectivity index (χ1) is 7.17. The Balaban J connectivity index is 4.23. The molecule has 0 aliphatic carbocycles. The largest absolute Gasteiger partial charge is 0.450 e. The number of rotatable bonds is 5. The van der Waals surface area contributed by atoms with Gasteiger partial charge < -0.3 is 14.2 Å². The van der Waals surface area contributed by atoms with Crippen molar-refractivity contribution in [1.29, 1.82) is 0 Å². The molecule has 0 aromatic carbocycles. The molecule has 80 valence electrons. The standard InChI is InChI=1S/C10H10O5/c1-4-6-14-9(11)8(13-3)10(12)15-7-5-2/h1-2,8H,6-7H2,3H3. The van der Waals surface area contributed by atoms with Crippen LogP contribution >= 0.6 is 0 Å². The van der Waals surface area contributed by atoms with Crippen molar-refractivity contribution in [2.75, 3.05) is 20.3 Å². The van der Waals surface area contributed by atoms with Crippen molar-refractivity contribution in [3.63, 3.8) is 0 Å². The molecule has 0 fully saturated rings. The Hall–Kier alpha value is -1.98. The maximum atomic E-state index is 11.1. The van der Waals surface area contributed by atoms with Gasteiger partial charge in [-0.05, 0) is 0 Å². The zero-order valence-corrected chi connectivity index (χ0v) is 8.19. The molecule has 0 heterocycles. The van der Waals surface area contributed by atoms with Gasteiger partial charge in [-0.3, -0.25) is 0 Å². The van der Waals surface area contributed by atoms with E-state index in [-0.39, 0.29) is 13.2 Å². The lowest BCUT2D eigenvalue weighted by molar-refractivity contribution is -0.169. The van der Waals surface area contributed by atoms with Crippen molar-refractivity contribution in [3.05, 3.63) is 0 Å². The molecule has 15 heavy (non-hydrogen) atoms. The van der Waals surface area contributed by atoms with Gasteiger partial charge in [-0.15, -0.1) is 12.8 Å². The van der Waals surface area contributed by atoms with Gasteiger partial charge >= 0.3 is 11.9 Å². The predicted octanol–water partition coefficient (Wildman–Crippen LogP) is -0.646. The van der Waals surface area contributed by atoms with Crippen molar-refractivity contribution in [2.24, 2.45) is 0 Å². The molecule has 0 aromatic heterocycles. The molecule has 0 saturated heterocycles. The van der Waals surface area contributed by atoms with Gasteiger partial charge in [0, 0.05) is 7.11 Å². The summed E-state index contributed by atoms with van der Waals surface area (Å²) >= 11 is 0. The highest BCUT2D eigenvalue weighted by Gasteiger charge is 2.29. The van der Waals surface area contributed by atoms with E-state index in [4.69, 9.17) is 12.8 Å². The molecule has 0 amide bonds. The first-order valence-corrected chi connectivity index (χ1v) is 3.90. The highest BCUT2D eigenvalue weighted by molar-refractivity contribution is 5.98. The fraction of sp³-hybridized carbons (Fsp3) is 0.400. The smallest absolute Gasteiger partial charge is 0.348 e. The van der Waals surface area contributed by atoms with Crippen LogP contribution in [0, 0.1) is 24.7 Å². The molecule has 0 bridgehead atoms. The van der Waals surface area contributed by atoms with Crippen molar-refractivity contribution in [3.8, 4) is 24.7 Å².